The van der Waals surface area contributed by atoms with Crippen molar-refractivity contribution in [2.24, 2.45) is 0 Å². The summed E-state index contributed by atoms with van der Waals surface area (Å²) in [7, 11) is 1.73. The molecular weight excluding hydrogens is 304 g/mol. The molecule has 1 aromatic heterocycles. The van der Waals surface area contributed by atoms with Crippen LogP contribution in [0, 0.1) is 6.92 Å². The Bertz CT molecular complexity index is 730. The molecule has 3 amide bonds. The van der Waals surface area contributed by atoms with Gasteiger partial charge in [0.05, 0.1) is 12.2 Å². The van der Waals surface area contributed by atoms with Gasteiger partial charge in [0.25, 0.3) is 0 Å². The number of hydrogen-bond donors (Lipinski definition) is 2. The number of amides is 3. The Kier molecular flexibility index (Phi) is 5.89. The van der Waals surface area contributed by atoms with Gasteiger partial charge in [0.1, 0.15) is 0 Å². The van der Waals surface area contributed by atoms with Crippen molar-refractivity contribution in [3.8, 4) is 0 Å². The maximum atomic E-state index is 12.1. The highest BCUT2D eigenvalue weighted by Gasteiger charge is 2.10. The number of nitrogens with one attached hydrogen (secondary N) is 2. The van der Waals surface area contributed by atoms with Crippen LogP contribution in [0.4, 0.5) is 10.5 Å². The first-order valence-corrected chi connectivity index (χ1v) is 7.72. The molecule has 0 atom stereocenters. The molecule has 0 aliphatic rings. The van der Waals surface area contributed by atoms with Crippen molar-refractivity contribution in [3.05, 3.63) is 59.4 Å². The summed E-state index contributed by atoms with van der Waals surface area (Å²) in [4.78, 5) is 29.4. The second kappa shape index (κ2) is 8.10. The van der Waals surface area contributed by atoms with E-state index in [0.717, 1.165) is 16.8 Å². The van der Waals surface area contributed by atoms with Crippen LogP contribution in [0.15, 0.2) is 42.6 Å². The van der Waals surface area contributed by atoms with Crippen molar-refractivity contribution in [1.29, 1.82) is 0 Å². The molecule has 0 saturated heterocycles. The SMILES string of the molecule is CC(=O)N(C)Cc1ccccc1NC(=O)NCc1ncccc1C. The van der Waals surface area contributed by atoms with Crippen LogP contribution in [-0.4, -0.2) is 28.9 Å². The topological polar surface area (TPSA) is 74.3 Å². The van der Waals surface area contributed by atoms with E-state index >= 15 is 0 Å². The van der Waals surface area contributed by atoms with E-state index in [-0.39, 0.29) is 11.9 Å². The van der Waals surface area contributed by atoms with Gasteiger partial charge in [-0.15, -0.1) is 0 Å². The minimum atomic E-state index is -0.307. The number of rotatable bonds is 5. The third-order valence-electron chi connectivity index (χ3n) is 3.74. The summed E-state index contributed by atoms with van der Waals surface area (Å²) >= 11 is 0. The third kappa shape index (κ3) is 4.81. The molecule has 6 nitrogen and oxygen atoms in total. The molecule has 0 aliphatic carbocycles. The minimum absolute atomic E-state index is 0.0279. The molecule has 0 radical (unpaired) electrons. The van der Waals surface area contributed by atoms with Crippen LogP contribution in [0.5, 0.6) is 0 Å². The number of pyridine rings is 1. The standard InChI is InChI=1S/C18H22N4O2/c1-13-7-6-10-19-17(13)11-20-18(24)21-16-9-5-4-8-15(16)12-22(3)14(2)23/h4-10H,11-12H2,1-3H3,(H2,20,21,24). The van der Waals surface area contributed by atoms with Crippen LogP contribution in [-0.2, 0) is 17.9 Å². The molecule has 126 valence electrons. The highest BCUT2D eigenvalue weighted by atomic mass is 16.2. The molecule has 6 heteroatoms. The Morgan fingerprint density at radius 2 is 1.92 bits per heavy atom. The largest absolute Gasteiger partial charge is 0.342 e. The van der Waals surface area contributed by atoms with Gasteiger partial charge in [-0.2, -0.15) is 0 Å². The number of nitrogens with zero attached hydrogens (tertiary/aromatic N) is 2. The van der Waals surface area contributed by atoms with Gasteiger partial charge in [-0.25, -0.2) is 4.79 Å². The summed E-state index contributed by atoms with van der Waals surface area (Å²) in [5.74, 6) is -0.0279. The smallest absolute Gasteiger partial charge is 0.319 e. The minimum Gasteiger partial charge on any atom is -0.342 e. The molecule has 0 fully saturated rings. The summed E-state index contributed by atoms with van der Waals surface area (Å²) < 4.78 is 0. The number of carbonyl (C=O) groups is 2. The number of hydrogen-bond acceptors (Lipinski definition) is 3. The predicted octanol–water partition coefficient (Wildman–Crippen LogP) is 2.69. The fourth-order valence-corrected chi connectivity index (χ4v) is 2.18. The monoisotopic (exact) mass is 326 g/mol. The Hall–Kier alpha value is -2.89. The maximum Gasteiger partial charge on any atom is 0.319 e. The van der Waals surface area contributed by atoms with Crippen molar-refractivity contribution in [2.75, 3.05) is 12.4 Å². The van der Waals surface area contributed by atoms with Crippen LogP contribution < -0.4 is 10.6 Å². The van der Waals surface area contributed by atoms with Crippen molar-refractivity contribution in [3.63, 3.8) is 0 Å². The van der Waals surface area contributed by atoms with Gasteiger partial charge in [0.2, 0.25) is 5.91 Å². The van der Waals surface area contributed by atoms with E-state index in [1.807, 2.05) is 43.3 Å². The van der Waals surface area contributed by atoms with Gasteiger partial charge in [-0.1, -0.05) is 24.3 Å². The second-order valence-electron chi connectivity index (χ2n) is 5.61. The lowest BCUT2D eigenvalue weighted by atomic mass is 10.1. The van der Waals surface area contributed by atoms with Gasteiger partial charge in [-0.05, 0) is 30.2 Å². The number of urea groups is 1. The van der Waals surface area contributed by atoms with E-state index in [0.29, 0.717) is 18.8 Å². The predicted molar refractivity (Wildman–Crippen MR) is 93.4 cm³/mol. The summed E-state index contributed by atoms with van der Waals surface area (Å²) in [6.45, 7) is 4.26. The van der Waals surface area contributed by atoms with E-state index in [2.05, 4.69) is 15.6 Å². The molecule has 0 saturated carbocycles. The van der Waals surface area contributed by atoms with Crippen molar-refractivity contribution >= 4 is 17.6 Å². The number of benzene rings is 1. The molecule has 2 aromatic rings. The van der Waals surface area contributed by atoms with Gasteiger partial charge in [0, 0.05) is 32.4 Å². The molecule has 2 rings (SSSR count). The summed E-state index contributed by atoms with van der Waals surface area (Å²) in [5, 5.41) is 5.63. The van der Waals surface area contributed by atoms with Crippen molar-refractivity contribution < 1.29 is 9.59 Å². The zero-order valence-electron chi connectivity index (χ0n) is 14.2. The van der Waals surface area contributed by atoms with Gasteiger partial charge >= 0.3 is 6.03 Å². The molecule has 0 unspecified atom stereocenters. The first kappa shape index (κ1) is 17.5. The van der Waals surface area contributed by atoms with E-state index < -0.39 is 0 Å². The first-order valence-electron chi connectivity index (χ1n) is 7.72. The highest BCUT2D eigenvalue weighted by Crippen LogP contribution is 2.16. The Morgan fingerprint density at radius 3 is 2.62 bits per heavy atom. The van der Waals surface area contributed by atoms with Crippen LogP contribution in [0.3, 0.4) is 0 Å². The zero-order chi connectivity index (χ0) is 17.5. The van der Waals surface area contributed by atoms with E-state index in [4.69, 9.17) is 0 Å². The molecular formula is C18H22N4O2. The maximum absolute atomic E-state index is 12.1. The van der Waals surface area contributed by atoms with Crippen LogP contribution in [0.1, 0.15) is 23.7 Å². The summed E-state index contributed by atoms with van der Waals surface area (Å²) in [6, 6.07) is 10.9. The van der Waals surface area contributed by atoms with Gasteiger partial charge in [0.15, 0.2) is 0 Å². The molecule has 0 aliphatic heterocycles. The molecule has 1 aromatic carbocycles. The highest BCUT2D eigenvalue weighted by molar-refractivity contribution is 5.90. The number of para-hydroxylation sites is 1. The Labute approximate surface area is 141 Å². The van der Waals surface area contributed by atoms with E-state index in [9.17, 15) is 9.59 Å². The summed E-state index contributed by atoms with van der Waals surface area (Å²) in [6.07, 6.45) is 1.70. The number of anilines is 1. The lowest BCUT2D eigenvalue weighted by Crippen LogP contribution is -2.30. The molecule has 0 spiro atoms. The second-order valence-corrected chi connectivity index (χ2v) is 5.61. The Balaban J connectivity index is 1.99. The van der Waals surface area contributed by atoms with Crippen LogP contribution in [0.25, 0.3) is 0 Å². The van der Waals surface area contributed by atoms with Crippen molar-refractivity contribution in [2.45, 2.75) is 26.9 Å². The normalized spacial score (nSPS) is 10.1. The van der Waals surface area contributed by atoms with Crippen LogP contribution in [0.2, 0.25) is 0 Å². The quantitative estimate of drug-likeness (QED) is 0.887. The Morgan fingerprint density at radius 1 is 1.17 bits per heavy atom. The molecule has 24 heavy (non-hydrogen) atoms. The fraction of sp³-hybridized carbons (Fsp3) is 0.278. The van der Waals surface area contributed by atoms with E-state index in [1.165, 1.54) is 6.92 Å². The average molecular weight is 326 g/mol. The van der Waals surface area contributed by atoms with Gasteiger partial charge in [-0.3, -0.25) is 9.78 Å². The third-order valence-corrected chi connectivity index (χ3v) is 3.74. The molecule has 2 N–H and O–H groups in total. The van der Waals surface area contributed by atoms with Crippen LogP contribution >= 0.6 is 0 Å². The lowest BCUT2D eigenvalue weighted by Gasteiger charge is -2.18. The summed E-state index contributed by atoms with van der Waals surface area (Å²) in [5.41, 5.74) is 3.42. The fourth-order valence-electron chi connectivity index (χ4n) is 2.18. The molecule has 1 heterocycles. The number of aryl methyl sites for hydroxylation is 1. The number of carbonyl (C=O) groups excluding carboxylic acids is 2. The lowest BCUT2D eigenvalue weighted by molar-refractivity contribution is -0.128. The zero-order valence-corrected chi connectivity index (χ0v) is 14.2. The van der Waals surface area contributed by atoms with E-state index in [1.54, 1.807) is 18.1 Å². The average Bonchev–Trinajstić information content (AvgIpc) is 2.55. The number of aromatic nitrogens is 1. The first-order chi connectivity index (χ1) is 11.5. The van der Waals surface area contributed by atoms with Gasteiger partial charge < -0.3 is 15.5 Å². The van der Waals surface area contributed by atoms with Crippen molar-refractivity contribution in [1.82, 2.24) is 15.2 Å². The molecule has 0 bridgehead atoms.